The number of hydrogen-bond donors (Lipinski definition) is 2. The molecule has 1 saturated heterocycles. The zero-order chi connectivity index (χ0) is 19.7. The summed E-state index contributed by atoms with van der Waals surface area (Å²) < 4.78 is 26.7. The van der Waals surface area contributed by atoms with Crippen LogP contribution in [0, 0.1) is 0 Å². The lowest BCUT2D eigenvalue weighted by Gasteiger charge is -2.16. The lowest BCUT2D eigenvalue weighted by molar-refractivity contribution is -0.117. The Morgan fingerprint density at radius 2 is 1.96 bits per heavy atom. The number of benzene rings is 1. The van der Waals surface area contributed by atoms with Gasteiger partial charge in [-0.15, -0.1) is 0 Å². The number of amidine groups is 1. The number of rotatable bonds is 4. The van der Waals surface area contributed by atoms with Gasteiger partial charge in [-0.1, -0.05) is 12.1 Å². The van der Waals surface area contributed by atoms with Crippen molar-refractivity contribution in [3.63, 3.8) is 0 Å². The van der Waals surface area contributed by atoms with Gasteiger partial charge in [0.05, 0.1) is 16.8 Å². The van der Waals surface area contributed by atoms with Gasteiger partial charge in [-0.05, 0) is 44.0 Å². The number of hydrogen-bond acceptors (Lipinski definition) is 6. The van der Waals surface area contributed by atoms with Crippen molar-refractivity contribution in [2.45, 2.75) is 30.7 Å². The van der Waals surface area contributed by atoms with Gasteiger partial charge < -0.3 is 10.2 Å². The van der Waals surface area contributed by atoms with Crippen LogP contribution in [0.1, 0.15) is 25.3 Å². The molecule has 1 fully saturated rings. The Hall–Kier alpha value is -2.94. The number of pyridine rings is 1. The monoisotopic (exact) mass is 399 g/mol. The minimum absolute atomic E-state index is 0.169. The predicted molar refractivity (Wildman–Crippen MR) is 107 cm³/mol. The maximum absolute atomic E-state index is 12.5. The normalized spacial score (nSPS) is 19.9. The molecule has 1 amide bonds. The molecular weight excluding hydrogens is 378 g/mol. The maximum atomic E-state index is 12.5. The Labute approximate surface area is 163 Å². The second kappa shape index (κ2) is 7.23. The standard InChI is InChI=1S/C19H21N5O3S/c1-13(21-18-15-6-2-3-7-16(15)28(26,27)23-18)19(25)22-14-8-9-17(20-12-14)24-10-4-5-11-24/h2-3,6-9,12-13H,4-5,10-11H2,1H3,(H,21,23)(H,22,25)/t13-/m1/s1. The fourth-order valence-electron chi connectivity index (χ4n) is 3.32. The molecular formula is C19H21N5O3S. The molecule has 3 heterocycles. The van der Waals surface area contributed by atoms with Crippen LogP contribution in [0.4, 0.5) is 11.5 Å². The van der Waals surface area contributed by atoms with Gasteiger partial charge in [-0.25, -0.2) is 13.4 Å². The van der Waals surface area contributed by atoms with Crippen molar-refractivity contribution in [2.24, 2.45) is 4.99 Å². The van der Waals surface area contributed by atoms with Crippen LogP contribution in [0.15, 0.2) is 52.5 Å². The van der Waals surface area contributed by atoms with Crippen molar-refractivity contribution in [1.82, 2.24) is 9.71 Å². The van der Waals surface area contributed by atoms with E-state index in [0.717, 1.165) is 18.9 Å². The van der Waals surface area contributed by atoms with Crippen LogP contribution in [0.3, 0.4) is 0 Å². The van der Waals surface area contributed by atoms with Gasteiger partial charge in [-0.2, -0.15) is 0 Å². The first-order valence-corrected chi connectivity index (χ1v) is 10.6. The lowest BCUT2D eigenvalue weighted by atomic mass is 10.2. The number of aromatic nitrogens is 1. The number of nitrogens with one attached hydrogen (secondary N) is 2. The van der Waals surface area contributed by atoms with Crippen LogP contribution in [0.25, 0.3) is 0 Å². The van der Waals surface area contributed by atoms with E-state index in [1.54, 1.807) is 31.3 Å². The Morgan fingerprint density at radius 3 is 2.68 bits per heavy atom. The SMILES string of the molecule is C[C@@H](N=C1NS(=O)(=O)c2ccccc21)C(=O)Nc1ccc(N2CCCC2)nc1. The lowest BCUT2D eigenvalue weighted by Crippen LogP contribution is -2.29. The first kappa shape index (κ1) is 18.4. The number of carbonyl (C=O) groups is 1. The summed E-state index contributed by atoms with van der Waals surface area (Å²) in [5.74, 6) is 0.744. The van der Waals surface area contributed by atoms with Crippen molar-refractivity contribution in [1.29, 1.82) is 0 Å². The van der Waals surface area contributed by atoms with Gasteiger partial charge >= 0.3 is 0 Å². The number of nitrogens with zero attached hydrogens (tertiary/aromatic N) is 3. The number of aliphatic imine (C=N–C) groups is 1. The topological polar surface area (TPSA) is 104 Å². The summed E-state index contributed by atoms with van der Waals surface area (Å²) in [7, 11) is -3.63. The van der Waals surface area contributed by atoms with Gasteiger partial charge in [0, 0.05) is 18.7 Å². The van der Waals surface area contributed by atoms with E-state index in [1.165, 1.54) is 18.9 Å². The molecule has 2 aliphatic rings. The number of amides is 1. The smallest absolute Gasteiger partial charge is 0.263 e. The Morgan fingerprint density at radius 1 is 1.21 bits per heavy atom. The van der Waals surface area contributed by atoms with E-state index in [9.17, 15) is 13.2 Å². The Balaban J connectivity index is 1.46. The molecule has 2 N–H and O–H groups in total. The first-order chi connectivity index (χ1) is 13.4. The molecule has 0 spiro atoms. The maximum Gasteiger partial charge on any atom is 0.263 e. The number of anilines is 2. The van der Waals surface area contributed by atoms with Crippen molar-refractivity contribution < 1.29 is 13.2 Å². The van der Waals surface area contributed by atoms with Crippen molar-refractivity contribution in [3.8, 4) is 0 Å². The Kier molecular flexibility index (Phi) is 4.76. The second-order valence-corrected chi connectivity index (χ2v) is 8.49. The van der Waals surface area contributed by atoms with Crippen LogP contribution in [-0.2, 0) is 14.8 Å². The molecule has 0 bridgehead atoms. The predicted octanol–water partition coefficient (Wildman–Crippen LogP) is 1.75. The van der Waals surface area contributed by atoms with Crippen molar-refractivity contribution in [2.75, 3.05) is 23.3 Å². The minimum Gasteiger partial charge on any atom is -0.357 e. The third-order valence-corrected chi connectivity index (χ3v) is 6.21. The van der Waals surface area contributed by atoms with Gasteiger partial charge in [0.15, 0.2) is 0 Å². The summed E-state index contributed by atoms with van der Waals surface area (Å²) in [5, 5.41) is 2.77. The fourth-order valence-corrected chi connectivity index (χ4v) is 4.56. The minimum atomic E-state index is -3.63. The fraction of sp³-hybridized carbons (Fsp3) is 0.316. The molecule has 4 rings (SSSR count). The molecule has 0 saturated carbocycles. The van der Waals surface area contributed by atoms with Crippen LogP contribution in [0.2, 0.25) is 0 Å². The van der Waals surface area contributed by atoms with Crippen LogP contribution in [-0.4, -0.2) is 44.3 Å². The largest absolute Gasteiger partial charge is 0.357 e. The highest BCUT2D eigenvalue weighted by Crippen LogP contribution is 2.23. The molecule has 1 aromatic heterocycles. The molecule has 9 heteroatoms. The third-order valence-electron chi connectivity index (χ3n) is 4.81. The van der Waals surface area contributed by atoms with E-state index >= 15 is 0 Å². The third kappa shape index (κ3) is 3.57. The zero-order valence-electron chi connectivity index (χ0n) is 15.4. The molecule has 28 heavy (non-hydrogen) atoms. The second-order valence-electron chi connectivity index (χ2n) is 6.84. The molecule has 0 aliphatic carbocycles. The highest BCUT2D eigenvalue weighted by Gasteiger charge is 2.31. The summed E-state index contributed by atoms with van der Waals surface area (Å²) in [6.45, 7) is 3.62. The number of carbonyl (C=O) groups excluding carboxylic acids is 1. The molecule has 1 atom stereocenters. The van der Waals surface area contributed by atoms with Crippen molar-refractivity contribution in [3.05, 3.63) is 48.2 Å². The average Bonchev–Trinajstić information content (AvgIpc) is 3.30. The molecule has 2 aliphatic heterocycles. The summed E-state index contributed by atoms with van der Waals surface area (Å²) >= 11 is 0. The van der Waals surface area contributed by atoms with Crippen molar-refractivity contribution >= 4 is 33.3 Å². The average molecular weight is 399 g/mol. The quantitative estimate of drug-likeness (QED) is 0.815. The molecule has 1 aromatic carbocycles. The molecule has 2 aromatic rings. The Bertz CT molecular complexity index is 1030. The van der Waals surface area contributed by atoms with Gasteiger partial charge in [0.25, 0.3) is 10.0 Å². The number of fused-ring (bicyclic) bond motifs is 1. The molecule has 146 valence electrons. The van der Waals surface area contributed by atoms with Crippen LogP contribution >= 0.6 is 0 Å². The summed E-state index contributed by atoms with van der Waals surface area (Å²) in [5.41, 5.74) is 1.05. The van der Waals surface area contributed by atoms with E-state index < -0.39 is 16.1 Å². The van der Waals surface area contributed by atoms with Gasteiger partial charge in [0.2, 0.25) is 5.91 Å². The molecule has 8 nitrogen and oxygen atoms in total. The van der Waals surface area contributed by atoms with E-state index in [0.29, 0.717) is 11.3 Å². The molecule has 0 unspecified atom stereocenters. The summed E-state index contributed by atoms with van der Waals surface area (Å²) in [6, 6.07) is 9.48. The van der Waals surface area contributed by atoms with Crippen LogP contribution in [0.5, 0.6) is 0 Å². The highest BCUT2D eigenvalue weighted by molar-refractivity contribution is 7.90. The summed E-state index contributed by atoms with van der Waals surface area (Å²) in [6.07, 6.45) is 3.97. The molecule has 0 radical (unpaired) electrons. The zero-order valence-corrected chi connectivity index (χ0v) is 16.2. The number of sulfonamides is 1. The van der Waals surface area contributed by atoms with E-state index in [4.69, 9.17) is 0 Å². The first-order valence-electron chi connectivity index (χ1n) is 9.16. The highest BCUT2D eigenvalue weighted by atomic mass is 32.2. The van der Waals surface area contributed by atoms with E-state index in [-0.39, 0.29) is 16.6 Å². The van der Waals surface area contributed by atoms with Gasteiger partial charge in [-0.3, -0.25) is 14.5 Å². The van der Waals surface area contributed by atoms with Gasteiger partial charge in [0.1, 0.15) is 17.7 Å². The van der Waals surface area contributed by atoms with Crippen LogP contribution < -0.4 is 14.9 Å². The summed E-state index contributed by atoms with van der Waals surface area (Å²) in [4.78, 5) is 23.5. The van der Waals surface area contributed by atoms with E-state index in [1.807, 2.05) is 12.1 Å². The van der Waals surface area contributed by atoms with E-state index in [2.05, 4.69) is 24.9 Å².